The fraction of sp³-hybridized carbons (Fsp3) is 0.571. The minimum absolute atomic E-state index is 0.0367. The average molecular weight is 421 g/mol. The lowest BCUT2D eigenvalue weighted by atomic mass is 9.91. The lowest BCUT2D eigenvalue weighted by Gasteiger charge is -2.31. The second-order valence-electron chi connectivity index (χ2n) is 8.77. The first-order chi connectivity index (χ1) is 13.3. The highest BCUT2D eigenvalue weighted by Gasteiger charge is 2.23. The van der Waals surface area contributed by atoms with E-state index in [9.17, 15) is 4.79 Å². The van der Waals surface area contributed by atoms with E-state index in [1.165, 1.54) is 17.1 Å². The molecule has 152 valence electrons. The lowest BCUT2D eigenvalue weighted by Crippen LogP contribution is -2.39. The van der Waals surface area contributed by atoms with Gasteiger partial charge in [0.2, 0.25) is 11.0 Å². The minimum Gasteiger partial charge on any atom is -0.356 e. The summed E-state index contributed by atoms with van der Waals surface area (Å²) >= 11 is 7.41. The predicted molar refractivity (Wildman–Crippen MR) is 116 cm³/mol. The van der Waals surface area contributed by atoms with Crippen molar-refractivity contribution in [3.8, 4) is 0 Å². The number of rotatable bonds is 6. The number of carbonyl (C=O) groups is 1. The summed E-state index contributed by atoms with van der Waals surface area (Å²) in [6.07, 6.45) is 3.45. The number of hydrogen-bond donors (Lipinski definition) is 1. The van der Waals surface area contributed by atoms with Gasteiger partial charge in [0, 0.05) is 49.0 Å². The third kappa shape index (κ3) is 6.45. The van der Waals surface area contributed by atoms with E-state index in [1.807, 2.05) is 24.3 Å². The third-order valence-electron chi connectivity index (χ3n) is 4.90. The largest absolute Gasteiger partial charge is 0.356 e. The molecule has 1 aliphatic rings. The first kappa shape index (κ1) is 21.1. The molecule has 1 amide bonds. The highest BCUT2D eigenvalue weighted by Crippen LogP contribution is 2.25. The Morgan fingerprint density at radius 1 is 1.25 bits per heavy atom. The Hall–Kier alpha value is -1.66. The molecule has 0 unspecified atom stereocenters. The van der Waals surface area contributed by atoms with Crippen molar-refractivity contribution in [2.75, 3.05) is 24.5 Å². The van der Waals surface area contributed by atoms with E-state index >= 15 is 0 Å². The summed E-state index contributed by atoms with van der Waals surface area (Å²) in [4.78, 5) is 19.1. The van der Waals surface area contributed by atoms with Gasteiger partial charge >= 0.3 is 0 Å². The zero-order chi connectivity index (χ0) is 20.1. The molecule has 1 aliphatic heterocycles. The first-order valence-corrected chi connectivity index (χ1v) is 11.0. The Morgan fingerprint density at radius 2 is 1.93 bits per heavy atom. The SMILES string of the molecule is CC(C)(C)CC(=O)NCC1CCN(c2nc(Cc3ccc(Cl)cc3)ns2)CC1. The van der Waals surface area contributed by atoms with Crippen LogP contribution in [0.15, 0.2) is 24.3 Å². The van der Waals surface area contributed by atoms with Crippen molar-refractivity contribution < 1.29 is 4.79 Å². The van der Waals surface area contributed by atoms with Crippen molar-refractivity contribution >= 4 is 34.2 Å². The molecule has 1 aromatic heterocycles. The van der Waals surface area contributed by atoms with E-state index in [-0.39, 0.29) is 11.3 Å². The first-order valence-electron chi connectivity index (χ1n) is 9.87. The van der Waals surface area contributed by atoms with Crippen molar-refractivity contribution in [3.05, 3.63) is 40.7 Å². The van der Waals surface area contributed by atoms with E-state index < -0.39 is 0 Å². The molecule has 0 spiro atoms. The van der Waals surface area contributed by atoms with Crippen LogP contribution in [0.25, 0.3) is 0 Å². The number of nitrogens with one attached hydrogen (secondary N) is 1. The molecule has 2 heterocycles. The maximum Gasteiger partial charge on any atom is 0.220 e. The van der Waals surface area contributed by atoms with Gasteiger partial charge in [-0.2, -0.15) is 4.37 Å². The summed E-state index contributed by atoms with van der Waals surface area (Å²) in [6, 6.07) is 7.83. The van der Waals surface area contributed by atoms with Crippen LogP contribution in [0.5, 0.6) is 0 Å². The summed E-state index contributed by atoms with van der Waals surface area (Å²) in [5.41, 5.74) is 1.20. The van der Waals surface area contributed by atoms with Gasteiger partial charge in [0.25, 0.3) is 0 Å². The van der Waals surface area contributed by atoms with Crippen molar-refractivity contribution in [3.63, 3.8) is 0 Å². The number of piperidine rings is 1. The Kier molecular flexibility index (Phi) is 6.94. The molecule has 0 aliphatic carbocycles. The maximum atomic E-state index is 12.0. The molecular formula is C21H29ClN4OS. The van der Waals surface area contributed by atoms with Crippen molar-refractivity contribution in [2.24, 2.45) is 11.3 Å². The molecule has 0 atom stereocenters. The molecule has 1 fully saturated rings. The lowest BCUT2D eigenvalue weighted by molar-refractivity contribution is -0.123. The fourth-order valence-corrected chi connectivity index (χ4v) is 4.22. The summed E-state index contributed by atoms with van der Waals surface area (Å²) < 4.78 is 4.52. The van der Waals surface area contributed by atoms with E-state index in [2.05, 4.69) is 35.4 Å². The Morgan fingerprint density at radius 3 is 2.57 bits per heavy atom. The topological polar surface area (TPSA) is 58.1 Å². The van der Waals surface area contributed by atoms with Crippen LogP contribution in [0.1, 0.15) is 51.4 Å². The third-order valence-corrected chi connectivity index (χ3v) is 5.96. The van der Waals surface area contributed by atoms with E-state index in [0.29, 0.717) is 12.3 Å². The second-order valence-corrected chi connectivity index (χ2v) is 9.94. The van der Waals surface area contributed by atoms with Crippen LogP contribution >= 0.6 is 23.1 Å². The van der Waals surface area contributed by atoms with Crippen molar-refractivity contribution in [1.82, 2.24) is 14.7 Å². The predicted octanol–water partition coefficient (Wildman–Crippen LogP) is 4.55. The van der Waals surface area contributed by atoms with Gasteiger partial charge in [0.15, 0.2) is 0 Å². The van der Waals surface area contributed by atoms with E-state index in [4.69, 9.17) is 16.6 Å². The van der Waals surface area contributed by atoms with E-state index in [1.54, 1.807) is 0 Å². The van der Waals surface area contributed by atoms with E-state index in [0.717, 1.165) is 54.9 Å². The molecule has 2 aromatic rings. The smallest absolute Gasteiger partial charge is 0.220 e. The number of aromatic nitrogens is 2. The van der Waals surface area contributed by atoms with Crippen LogP contribution in [0.2, 0.25) is 5.02 Å². The van der Waals surface area contributed by atoms with Gasteiger partial charge in [-0.25, -0.2) is 4.98 Å². The summed E-state index contributed by atoms with van der Waals surface area (Å²) in [5.74, 6) is 1.56. The van der Waals surface area contributed by atoms with Gasteiger partial charge in [-0.3, -0.25) is 4.79 Å². The quantitative estimate of drug-likeness (QED) is 0.744. The molecule has 0 saturated carbocycles. The number of carbonyl (C=O) groups excluding carboxylic acids is 1. The number of anilines is 1. The van der Waals surface area contributed by atoms with Crippen LogP contribution in [0, 0.1) is 11.3 Å². The van der Waals surface area contributed by atoms with Gasteiger partial charge < -0.3 is 10.2 Å². The Bertz CT molecular complexity index is 776. The highest BCUT2D eigenvalue weighted by molar-refractivity contribution is 7.09. The molecule has 1 N–H and O–H groups in total. The summed E-state index contributed by atoms with van der Waals surface area (Å²) in [6.45, 7) is 8.99. The zero-order valence-electron chi connectivity index (χ0n) is 16.9. The monoisotopic (exact) mass is 420 g/mol. The molecule has 3 rings (SSSR count). The molecule has 5 nitrogen and oxygen atoms in total. The van der Waals surface area contributed by atoms with Crippen LogP contribution in [-0.2, 0) is 11.2 Å². The van der Waals surface area contributed by atoms with Gasteiger partial charge in [-0.05, 0) is 41.9 Å². The second kappa shape index (κ2) is 9.23. The Balaban J connectivity index is 1.44. The van der Waals surface area contributed by atoms with Gasteiger partial charge in [-0.15, -0.1) is 0 Å². The molecular weight excluding hydrogens is 392 g/mol. The van der Waals surface area contributed by atoms with Crippen LogP contribution < -0.4 is 10.2 Å². The number of hydrogen-bond acceptors (Lipinski definition) is 5. The van der Waals surface area contributed by atoms with Crippen LogP contribution in [-0.4, -0.2) is 34.9 Å². The van der Waals surface area contributed by atoms with Crippen LogP contribution in [0.4, 0.5) is 5.13 Å². The summed E-state index contributed by atoms with van der Waals surface area (Å²) in [7, 11) is 0. The summed E-state index contributed by atoms with van der Waals surface area (Å²) in [5, 5.41) is 4.85. The van der Waals surface area contributed by atoms with Gasteiger partial charge in [-0.1, -0.05) is 44.5 Å². The average Bonchev–Trinajstić information content (AvgIpc) is 3.09. The van der Waals surface area contributed by atoms with Crippen molar-refractivity contribution in [1.29, 1.82) is 0 Å². The maximum absolute atomic E-state index is 12.0. The Labute approximate surface area is 176 Å². The number of nitrogens with zero attached hydrogens (tertiary/aromatic N) is 3. The van der Waals surface area contributed by atoms with Gasteiger partial charge in [0.05, 0.1) is 0 Å². The standard InChI is InChI=1S/C21H29ClN4OS/c1-21(2,3)13-19(27)23-14-16-8-10-26(11-9-16)20-24-18(25-28-20)12-15-4-6-17(22)7-5-15/h4-7,16H,8-14H2,1-3H3,(H,23,27). The number of halogens is 1. The minimum atomic E-state index is 0.0367. The number of amides is 1. The molecule has 1 saturated heterocycles. The number of benzene rings is 1. The van der Waals surface area contributed by atoms with Crippen LogP contribution in [0.3, 0.4) is 0 Å². The molecule has 0 bridgehead atoms. The van der Waals surface area contributed by atoms with Crippen molar-refractivity contribution in [2.45, 2.75) is 46.5 Å². The highest BCUT2D eigenvalue weighted by atomic mass is 35.5. The molecule has 1 aromatic carbocycles. The zero-order valence-corrected chi connectivity index (χ0v) is 18.4. The fourth-order valence-electron chi connectivity index (χ4n) is 3.36. The van der Waals surface area contributed by atoms with Gasteiger partial charge in [0.1, 0.15) is 5.82 Å². The molecule has 7 heteroatoms. The normalized spacial score (nSPS) is 15.6. The molecule has 0 radical (unpaired) electrons. The molecule has 28 heavy (non-hydrogen) atoms.